The molecule has 3 aromatic carbocycles. The number of aryl methyl sites for hydroxylation is 3. The molecule has 0 aliphatic carbocycles. The molecule has 45 heavy (non-hydrogen) atoms. The molecule has 0 aliphatic heterocycles. The third-order valence-electron chi connectivity index (χ3n) is 8.93. The van der Waals surface area contributed by atoms with Crippen LogP contribution in [-0.2, 0) is 39.0 Å². The lowest BCUT2D eigenvalue weighted by atomic mass is 10.1. The van der Waals surface area contributed by atoms with E-state index in [4.69, 9.17) is 0 Å². The predicted octanol–water partition coefficient (Wildman–Crippen LogP) is 7.38. The van der Waals surface area contributed by atoms with E-state index >= 15 is 0 Å². The van der Waals surface area contributed by atoms with E-state index in [-0.39, 0.29) is 7.33 Å². The van der Waals surface area contributed by atoms with Gasteiger partial charge in [-0.3, -0.25) is 9.59 Å². The minimum absolute atomic E-state index is 0. The van der Waals surface area contributed by atoms with Crippen LogP contribution in [0.5, 0.6) is 0 Å². The number of amides is 1. The normalized spacial score (nSPS) is 10.8. The number of hydrogen-bond donors (Lipinski definition) is 1. The standard InChI is InChI=1S/C15H18N2O.C12H16N2.C11H11NO.H2/c1-5-15(18)16(3)10-13-11(2)17(4)14-9-7-6-8-12(13)14;1-9-11(8-13-2)10-6-4-5-7-12(10)14(9)3;1-8-10(7-13)9-5-3-4-6-11(9)12(8)2;/h5-9H,1,10H2,2-4H3;4-7,13H,8H2,1-3H3;3-7H,1-2H3;1H. The zero-order chi connectivity index (χ0) is 32.8. The molecule has 0 aliphatic rings. The van der Waals surface area contributed by atoms with Gasteiger partial charge in [0.2, 0.25) is 5.91 Å². The molecule has 1 N–H and O–H groups in total. The molecule has 0 saturated heterocycles. The smallest absolute Gasteiger partial charge is 0.245 e. The van der Waals surface area contributed by atoms with Crippen LogP contribution in [0.3, 0.4) is 0 Å². The van der Waals surface area contributed by atoms with E-state index in [0.717, 1.165) is 35.0 Å². The van der Waals surface area contributed by atoms with Gasteiger partial charge in [-0.25, -0.2) is 0 Å². The lowest BCUT2D eigenvalue weighted by molar-refractivity contribution is -0.125. The lowest BCUT2D eigenvalue weighted by Gasteiger charge is -2.15. The topological polar surface area (TPSA) is 64.2 Å². The van der Waals surface area contributed by atoms with Gasteiger partial charge in [0, 0.05) is 98.1 Å². The van der Waals surface area contributed by atoms with Gasteiger partial charge in [0.15, 0.2) is 6.29 Å². The molecule has 0 bridgehead atoms. The summed E-state index contributed by atoms with van der Waals surface area (Å²) in [6.07, 6.45) is 2.28. The summed E-state index contributed by atoms with van der Waals surface area (Å²) in [5, 5.41) is 6.83. The number of nitrogens with one attached hydrogen (secondary N) is 1. The zero-order valence-corrected chi connectivity index (χ0v) is 27.8. The van der Waals surface area contributed by atoms with Crippen molar-refractivity contribution in [2.24, 2.45) is 21.1 Å². The van der Waals surface area contributed by atoms with Crippen molar-refractivity contribution in [2.45, 2.75) is 33.9 Å². The minimum Gasteiger partial charge on any atom is -0.348 e. The van der Waals surface area contributed by atoms with E-state index in [9.17, 15) is 9.59 Å². The van der Waals surface area contributed by atoms with Gasteiger partial charge in [-0.05, 0) is 63.2 Å². The monoisotopic (exact) mass is 605 g/mol. The SMILES string of the molecule is C=CC(=O)N(C)Cc1c(C)n(C)c2ccccc12.CNCc1c(C)n(C)c2ccccc12.Cc1c(C=O)c2ccccc2n1C.[HH]. The summed E-state index contributed by atoms with van der Waals surface area (Å²) in [5.74, 6) is -0.0534. The van der Waals surface area contributed by atoms with Crippen LogP contribution in [0.2, 0.25) is 0 Å². The summed E-state index contributed by atoms with van der Waals surface area (Å²) < 4.78 is 6.46. The summed E-state index contributed by atoms with van der Waals surface area (Å²) in [5.41, 5.74) is 10.6. The maximum atomic E-state index is 11.6. The van der Waals surface area contributed by atoms with Gasteiger partial charge in [-0.2, -0.15) is 0 Å². The largest absolute Gasteiger partial charge is 0.348 e. The van der Waals surface area contributed by atoms with Gasteiger partial charge in [0.25, 0.3) is 0 Å². The van der Waals surface area contributed by atoms with Crippen molar-refractivity contribution in [3.05, 3.63) is 119 Å². The number of benzene rings is 3. The number of para-hydroxylation sites is 3. The molecule has 0 atom stereocenters. The first-order chi connectivity index (χ1) is 21.6. The molecule has 0 unspecified atom stereocenters. The second kappa shape index (κ2) is 14.3. The summed E-state index contributed by atoms with van der Waals surface area (Å²) in [6.45, 7) is 11.3. The molecule has 6 aromatic rings. The molecule has 0 fully saturated rings. The summed E-state index contributed by atoms with van der Waals surface area (Å²) >= 11 is 0. The van der Waals surface area contributed by atoms with Crippen LogP contribution >= 0.6 is 0 Å². The van der Waals surface area contributed by atoms with Crippen molar-refractivity contribution in [1.82, 2.24) is 23.9 Å². The van der Waals surface area contributed by atoms with Gasteiger partial charge < -0.3 is 23.9 Å². The Morgan fingerprint density at radius 1 is 0.756 bits per heavy atom. The molecular weight excluding hydrogens is 558 g/mol. The van der Waals surface area contributed by atoms with Crippen LogP contribution in [-0.4, -0.2) is 44.9 Å². The lowest BCUT2D eigenvalue weighted by Crippen LogP contribution is -2.24. The second-order valence-electron chi connectivity index (χ2n) is 11.4. The average molecular weight is 606 g/mol. The zero-order valence-electron chi connectivity index (χ0n) is 27.8. The van der Waals surface area contributed by atoms with E-state index < -0.39 is 0 Å². The highest BCUT2D eigenvalue weighted by atomic mass is 16.2. The van der Waals surface area contributed by atoms with Crippen molar-refractivity contribution < 1.29 is 11.0 Å². The number of fused-ring (bicyclic) bond motifs is 3. The highest BCUT2D eigenvalue weighted by molar-refractivity contribution is 5.99. The number of nitrogens with zero attached hydrogens (tertiary/aromatic N) is 4. The maximum Gasteiger partial charge on any atom is 0.245 e. The Labute approximate surface area is 267 Å². The molecule has 0 radical (unpaired) electrons. The number of aromatic nitrogens is 3. The van der Waals surface area contributed by atoms with Gasteiger partial charge in [0.1, 0.15) is 0 Å². The molecule has 6 rings (SSSR count). The molecule has 1 amide bonds. The van der Waals surface area contributed by atoms with E-state index in [1.165, 1.54) is 50.4 Å². The summed E-state index contributed by atoms with van der Waals surface area (Å²) in [6, 6.07) is 24.7. The van der Waals surface area contributed by atoms with Crippen LogP contribution in [0, 0.1) is 20.8 Å². The van der Waals surface area contributed by atoms with Gasteiger partial charge in [0.05, 0.1) is 0 Å². The third kappa shape index (κ3) is 6.49. The highest BCUT2D eigenvalue weighted by Crippen LogP contribution is 2.26. The van der Waals surface area contributed by atoms with E-state index in [0.29, 0.717) is 6.54 Å². The molecule has 0 saturated carbocycles. The Balaban J connectivity index is 0.000000189. The number of carbonyl (C=O) groups is 2. The molecule has 7 nitrogen and oxygen atoms in total. The van der Waals surface area contributed by atoms with Crippen LogP contribution in [0.1, 0.15) is 40.0 Å². The maximum absolute atomic E-state index is 11.6. The van der Waals surface area contributed by atoms with Gasteiger partial charge in [-0.1, -0.05) is 61.2 Å². The number of rotatable bonds is 6. The van der Waals surface area contributed by atoms with Crippen LogP contribution in [0.25, 0.3) is 32.7 Å². The Morgan fingerprint density at radius 2 is 1.18 bits per heavy atom. The Hall–Kier alpha value is -4.88. The first kappa shape index (κ1) is 33.0. The molecule has 3 heterocycles. The average Bonchev–Trinajstić information content (AvgIpc) is 3.57. The Morgan fingerprint density at radius 3 is 1.67 bits per heavy atom. The molecular formula is C38H47N5O2. The second-order valence-corrected chi connectivity index (χ2v) is 11.4. The number of likely N-dealkylation sites (N-methyl/N-ethyl adjacent to an activating group) is 1. The number of hydrogen-bond acceptors (Lipinski definition) is 3. The molecule has 3 aromatic heterocycles. The predicted molar refractivity (Wildman–Crippen MR) is 190 cm³/mol. The van der Waals surface area contributed by atoms with Crippen molar-refractivity contribution in [3.63, 3.8) is 0 Å². The molecule has 0 spiro atoms. The van der Waals surface area contributed by atoms with Gasteiger partial charge in [-0.15, -0.1) is 0 Å². The first-order valence-electron chi connectivity index (χ1n) is 15.1. The minimum atomic E-state index is -0.0534. The van der Waals surface area contributed by atoms with Crippen LogP contribution in [0.4, 0.5) is 0 Å². The van der Waals surface area contributed by atoms with E-state index in [1.54, 1.807) is 11.9 Å². The highest BCUT2D eigenvalue weighted by Gasteiger charge is 2.15. The fourth-order valence-electron chi connectivity index (χ4n) is 5.97. The van der Waals surface area contributed by atoms with Crippen molar-refractivity contribution in [1.29, 1.82) is 0 Å². The Bertz CT molecular complexity index is 2000. The number of carbonyl (C=O) groups excluding carboxylic acids is 2. The van der Waals surface area contributed by atoms with Crippen molar-refractivity contribution >= 4 is 44.9 Å². The fraction of sp³-hybridized carbons (Fsp3) is 0.263. The molecule has 7 heteroatoms. The fourth-order valence-corrected chi connectivity index (χ4v) is 5.97. The quantitative estimate of drug-likeness (QED) is 0.159. The van der Waals surface area contributed by atoms with Crippen molar-refractivity contribution in [3.8, 4) is 0 Å². The van der Waals surface area contributed by atoms with Crippen LogP contribution in [0.15, 0.2) is 85.5 Å². The number of aldehydes is 1. The summed E-state index contributed by atoms with van der Waals surface area (Å²) in [4.78, 5) is 24.1. The van der Waals surface area contributed by atoms with E-state index in [1.807, 2.05) is 62.0 Å². The summed E-state index contributed by atoms with van der Waals surface area (Å²) in [7, 11) is 9.93. The third-order valence-corrected chi connectivity index (χ3v) is 8.93. The van der Waals surface area contributed by atoms with E-state index in [2.05, 4.69) is 85.4 Å². The van der Waals surface area contributed by atoms with Crippen LogP contribution < -0.4 is 5.32 Å². The first-order valence-corrected chi connectivity index (χ1v) is 15.1. The molecule has 236 valence electrons. The Kier molecular flexibility index (Phi) is 10.5. The van der Waals surface area contributed by atoms with Gasteiger partial charge >= 0.3 is 0 Å². The van der Waals surface area contributed by atoms with Crippen molar-refractivity contribution in [2.75, 3.05) is 14.1 Å².